The van der Waals surface area contributed by atoms with E-state index in [0.29, 0.717) is 17.8 Å². The summed E-state index contributed by atoms with van der Waals surface area (Å²) in [6.07, 6.45) is 0.988. The summed E-state index contributed by atoms with van der Waals surface area (Å²) < 4.78 is 0. The van der Waals surface area contributed by atoms with E-state index in [-0.39, 0.29) is 6.61 Å². The maximum Gasteiger partial charge on any atom is 0.0701 e. The van der Waals surface area contributed by atoms with Gasteiger partial charge >= 0.3 is 0 Å². The molecule has 0 spiro atoms. The molecule has 3 heteroatoms. The van der Waals surface area contributed by atoms with Gasteiger partial charge in [-0.1, -0.05) is 19.1 Å². The van der Waals surface area contributed by atoms with E-state index in [9.17, 15) is 0 Å². The van der Waals surface area contributed by atoms with Gasteiger partial charge in [0.1, 0.15) is 0 Å². The van der Waals surface area contributed by atoms with Crippen LogP contribution in [0.1, 0.15) is 38.8 Å². The number of hydrogen-bond donors (Lipinski definition) is 2. The Morgan fingerprint density at radius 1 is 1.28 bits per heavy atom. The predicted octanol–water partition coefficient (Wildman–Crippen LogP) is 2.42. The van der Waals surface area contributed by atoms with Crippen molar-refractivity contribution >= 4 is 5.69 Å². The summed E-state index contributed by atoms with van der Waals surface area (Å²) in [6.45, 7) is 9.96. The third kappa shape index (κ3) is 3.72. The van der Waals surface area contributed by atoms with E-state index < -0.39 is 0 Å². The Morgan fingerprint density at radius 2 is 1.94 bits per heavy atom. The molecule has 18 heavy (non-hydrogen) atoms. The van der Waals surface area contributed by atoms with E-state index in [0.717, 1.165) is 18.5 Å². The van der Waals surface area contributed by atoms with Gasteiger partial charge in [0.05, 0.1) is 6.61 Å². The summed E-state index contributed by atoms with van der Waals surface area (Å²) in [5.41, 5.74) is 8.63. The van der Waals surface area contributed by atoms with E-state index in [4.69, 9.17) is 10.8 Å². The van der Waals surface area contributed by atoms with Crippen LogP contribution in [0.5, 0.6) is 0 Å². The van der Waals surface area contributed by atoms with Gasteiger partial charge < -0.3 is 10.8 Å². The maximum absolute atomic E-state index is 9.10. The summed E-state index contributed by atoms with van der Waals surface area (Å²) >= 11 is 0. The van der Waals surface area contributed by atoms with Gasteiger partial charge in [0.25, 0.3) is 0 Å². The highest BCUT2D eigenvalue weighted by molar-refractivity contribution is 5.49. The number of hydrogen-bond acceptors (Lipinski definition) is 3. The van der Waals surface area contributed by atoms with Crippen LogP contribution >= 0.6 is 0 Å². The van der Waals surface area contributed by atoms with Crippen molar-refractivity contribution in [3.05, 3.63) is 29.3 Å². The minimum absolute atomic E-state index is 0.00868. The molecule has 1 rings (SSSR count). The standard InChI is InChI=1S/C15H26N2O/c1-5-17(11(2)3)12(4)8-13-6-7-14(10-18)15(16)9-13/h6-7,9,11-12,18H,5,8,10,16H2,1-4H3. The van der Waals surface area contributed by atoms with Gasteiger partial charge in [0.15, 0.2) is 0 Å². The minimum atomic E-state index is 0.00868. The average molecular weight is 250 g/mol. The van der Waals surface area contributed by atoms with Crippen LogP contribution in [0.25, 0.3) is 0 Å². The van der Waals surface area contributed by atoms with Gasteiger partial charge in [-0.25, -0.2) is 0 Å². The average Bonchev–Trinajstić information content (AvgIpc) is 2.29. The molecule has 3 nitrogen and oxygen atoms in total. The Bertz CT molecular complexity index is 377. The van der Waals surface area contributed by atoms with E-state index in [1.54, 1.807) is 0 Å². The second kappa shape index (κ2) is 6.76. The number of nitrogens with zero attached hydrogens (tertiary/aromatic N) is 1. The number of aliphatic hydroxyl groups excluding tert-OH is 1. The van der Waals surface area contributed by atoms with Crippen molar-refractivity contribution in [3.63, 3.8) is 0 Å². The molecule has 0 aliphatic rings. The smallest absolute Gasteiger partial charge is 0.0701 e. The van der Waals surface area contributed by atoms with E-state index in [1.807, 2.05) is 12.1 Å². The molecule has 0 radical (unpaired) electrons. The molecule has 1 aromatic carbocycles. The Labute approximate surface area is 111 Å². The lowest BCUT2D eigenvalue weighted by atomic mass is 10.0. The van der Waals surface area contributed by atoms with Crippen LogP contribution in [0.3, 0.4) is 0 Å². The highest BCUT2D eigenvalue weighted by atomic mass is 16.3. The molecule has 0 fully saturated rings. The van der Waals surface area contributed by atoms with E-state index in [2.05, 4.69) is 38.7 Å². The molecule has 102 valence electrons. The van der Waals surface area contributed by atoms with Crippen molar-refractivity contribution < 1.29 is 5.11 Å². The van der Waals surface area contributed by atoms with Gasteiger partial charge in [-0.15, -0.1) is 0 Å². The molecule has 0 aliphatic carbocycles. The summed E-state index contributed by atoms with van der Waals surface area (Å²) in [5.74, 6) is 0. The first kappa shape index (κ1) is 15.0. The molecule has 0 bridgehead atoms. The number of rotatable bonds is 6. The van der Waals surface area contributed by atoms with Crippen molar-refractivity contribution in [1.82, 2.24) is 4.90 Å². The van der Waals surface area contributed by atoms with Crippen molar-refractivity contribution in [2.45, 2.75) is 52.8 Å². The highest BCUT2D eigenvalue weighted by Crippen LogP contribution is 2.17. The lowest BCUT2D eigenvalue weighted by molar-refractivity contribution is 0.172. The molecule has 1 atom stereocenters. The Kier molecular flexibility index (Phi) is 5.63. The Morgan fingerprint density at radius 3 is 2.39 bits per heavy atom. The number of likely N-dealkylation sites (N-methyl/N-ethyl adjacent to an activating group) is 1. The van der Waals surface area contributed by atoms with Gasteiger partial charge in [-0.3, -0.25) is 4.90 Å². The fourth-order valence-electron chi connectivity index (χ4n) is 2.56. The highest BCUT2D eigenvalue weighted by Gasteiger charge is 2.15. The SMILES string of the molecule is CCN(C(C)C)C(C)Cc1ccc(CO)c(N)c1. The number of aliphatic hydroxyl groups is 1. The zero-order valence-corrected chi connectivity index (χ0v) is 12.0. The molecular weight excluding hydrogens is 224 g/mol. The quantitative estimate of drug-likeness (QED) is 0.762. The number of nitrogens with two attached hydrogens (primary N) is 1. The Balaban J connectivity index is 2.75. The maximum atomic E-state index is 9.10. The van der Waals surface area contributed by atoms with Gasteiger partial charge in [0.2, 0.25) is 0 Å². The van der Waals surface area contributed by atoms with Crippen LogP contribution in [0, 0.1) is 0 Å². The van der Waals surface area contributed by atoms with Crippen molar-refractivity contribution in [2.75, 3.05) is 12.3 Å². The molecule has 0 saturated heterocycles. The third-order valence-corrected chi connectivity index (χ3v) is 3.51. The van der Waals surface area contributed by atoms with Crippen LogP contribution in [-0.4, -0.2) is 28.6 Å². The first-order chi connectivity index (χ1) is 8.49. The third-order valence-electron chi connectivity index (χ3n) is 3.51. The van der Waals surface area contributed by atoms with Crippen molar-refractivity contribution in [3.8, 4) is 0 Å². The number of nitrogen functional groups attached to an aromatic ring is 1. The zero-order valence-electron chi connectivity index (χ0n) is 12.0. The normalized spacial score (nSPS) is 13.3. The first-order valence-corrected chi connectivity index (χ1v) is 6.73. The number of benzene rings is 1. The molecule has 0 saturated carbocycles. The van der Waals surface area contributed by atoms with Gasteiger partial charge in [0, 0.05) is 23.3 Å². The second-order valence-corrected chi connectivity index (χ2v) is 5.17. The fraction of sp³-hybridized carbons (Fsp3) is 0.600. The summed E-state index contributed by atoms with van der Waals surface area (Å²) in [5, 5.41) is 9.10. The lowest BCUT2D eigenvalue weighted by Crippen LogP contribution is -2.39. The van der Waals surface area contributed by atoms with Crippen LogP contribution in [0.15, 0.2) is 18.2 Å². The predicted molar refractivity (Wildman–Crippen MR) is 77.5 cm³/mol. The molecular formula is C15H26N2O. The fourth-order valence-corrected chi connectivity index (χ4v) is 2.56. The largest absolute Gasteiger partial charge is 0.398 e. The molecule has 1 unspecified atom stereocenters. The topological polar surface area (TPSA) is 49.5 Å². The van der Waals surface area contributed by atoms with Crippen molar-refractivity contribution in [1.29, 1.82) is 0 Å². The van der Waals surface area contributed by atoms with Gasteiger partial charge in [-0.05, 0) is 45.4 Å². The Hall–Kier alpha value is -1.06. The first-order valence-electron chi connectivity index (χ1n) is 6.73. The summed E-state index contributed by atoms with van der Waals surface area (Å²) in [4.78, 5) is 2.47. The van der Waals surface area contributed by atoms with Crippen LogP contribution < -0.4 is 5.73 Å². The molecule has 3 N–H and O–H groups in total. The number of anilines is 1. The molecule has 0 aromatic heterocycles. The monoisotopic (exact) mass is 250 g/mol. The van der Waals surface area contributed by atoms with Crippen LogP contribution in [0.2, 0.25) is 0 Å². The molecule has 0 aliphatic heterocycles. The molecule has 1 aromatic rings. The van der Waals surface area contributed by atoms with E-state index in [1.165, 1.54) is 5.56 Å². The molecule has 0 heterocycles. The van der Waals surface area contributed by atoms with Crippen LogP contribution in [-0.2, 0) is 13.0 Å². The van der Waals surface area contributed by atoms with Crippen molar-refractivity contribution in [2.24, 2.45) is 0 Å². The zero-order chi connectivity index (χ0) is 13.7. The molecule has 0 amide bonds. The van der Waals surface area contributed by atoms with Gasteiger partial charge in [-0.2, -0.15) is 0 Å². The minimum Gasteiger partial charge on any atom is -0.398 e. The van der Waals surface area contributed by atoms with Crippen LogP contribution in [0.4, 0.5) is 5.69 Å². The second-order valence-electron chi connectivity index (χ2n) is 5.17. The van der Waals surface area contributed by atoms with E-state index >= 15 is 0 Å². The summed E-state index contributed by atoms with van der Waals surface area (Å²) in [6, 6.07) is 7.01. The lowest BCUT2D eigenvalue weighted by Gasteiger charge is -2.31. The summed E-state index contributed by atoms with van der Waals surface area (Å²) in [7, 11) is 0.